The molecule has 0 unspecified atom stereocenters. The number of fused-ring (bicyclic) bond motifs is 1. The first-order valence-electron chi connectivity index (χ1n) is 10.5. The second kappa shape index (κ2) is 8.87. The molecule has 2 heterocycles. The summed E-state index contributed by atoms with van der Waals surface area (Å²) in [4.78, 5) is 27.7. The van der Waals surface area contributed by atoms with Crippen molar-refractivity contribution < 1.29 is 9.72 Å². The van der Waals surface area contributed by atoms with Crippen LogP contribution in [0.25, 0.3) is 20.8 Å². The molecule has 0 atom stereocenters. The highest BCUT2D eigenvalue weighted by Crippen LogP contribution is 2.31. The van der Waals surface area contributed by atoms with E-state index in [1.54, 1.807) is 35.6 Å². The van der Waals surface area contributed by atoms with Crippen LogP contribution in [0.1, 0.15) is 21.5 Å². The number of aryl methyl sites for hydroxylation is 1. The number of carbonyl (C=O) groups excluding carboxylic acids is 1. The van der Waals surface area contributed by atoms with E-state index in [2.05, 4.69) is 29.5 Å². The number of carbonyl (C=O) groups is 1. The van der Waals surface area contributed by atoms with Crippen LogP contribution in [0.4, 0.5) is 11.4 Å². The van der Waals surface area contributed by atoms with Crippen LogP contribution in [0.15, 0.2) is 79.1 Å². The van der Waals surface area contributed by atoms with Gasteiger partial charge in [0.05, 0.1) is 21.7 Å². The molecule has 0 spiro atoms. The van der Waals surface area contributed by atoms with Gasteiger partial charge in [-0.3, -0.25) is 19.6 Å². The Balaban J connectivity index is 1.24. The molecule has 34 heavy (non-hydrogen) atoms. The predicted octanol–water partition coefficient (Wildman–Crippen LogP) is 5.68. The molecular weight excluding hydrogens is 450 g/mol. The van der Waals surface area contributed by atoms with E-state index in [1.165, 1.54) is 22.6 Å². The van der Waals surface area contributed by atoms with E-state index in [0.717, 1.165) is 26.4 Å². The minimum absolute atomic E-state index is 0.0553. The number of nitro groups is 1. The molecule has 5 rings (SSSR count). The van der Waals surface area contributed by atoms with Crippen LogP contribution in [0.2, 0.25) is 0 Å². The maximum Gasteiger partial charge on any atom is 0.307 e. The van der Waals surface area contributed by atoms with Crippen molar-refractivity contribution in [3.05, 3.63) is 106 Å². The van der Waals surface area contributed by atoms with Crippen molar-refractivity contribution in [3.63, 3.8) is 0 Å². The zero-order valence-corrected chi connectivity index (χ0v) is 19.0. The lowest BCUT2D eigenvalue weighted by atomic mass is 10.1. The van der Waals surface area contributed by atoms with Gasteiger partial charge in [0.25, 0.3) is 5.91 Å². The Morgan fingerprint density at radius 1 is 1.09 bits per heavy atom. The van der Waals surface area contributed by atoms with Crippen LogP contribution in [0.5, 0.6) is 0 Å². The van der Waals surface area contributed by atoms with Crippen molar-refractivity contribution in [2.75, 3.05) is 5.32 Å². The number of hydrogen-bond acceptors (Lipinski definition) is 6. The minimum atomic E-state index is -0.483. The Kier molecular flexibility index (Phi) is 5.60. The van der Waals surface area contributed by atoms with E-state index in [-0.39, 0.29) is 11.6 Å². The molecule has 3 aromatic carbocycles. The Bertz CT molecular complexity index is 1500. The molecule has 168 valence electrons. The largest absolute Gasteiger partial charge is 0.322 e. The topological polar surface area (TPSA) is 103 Å². The van der Waals surface area contributed by atoms with Crippen molar-refractivity contribution in [2.24, 2.45) is 0 Å². The molecule has 0 aliphatic carbocycles. The van der Waals surface area contributed by atoms with Gasteiger partial charge in [0.15, 0.2) is 0 Å². The fourth-order valence-electron chi connectivity index (χ4n) is 3.54. The summed E-state index contributed by atoms with van der Waals surface area (Å²) in [6.07, 6.45) is 2.59. The molecular formula is C25H19N5O3S. The summed E-state index contributed by atoms with van der Waals surface area (Å²) in [6, 6.07) is 20.9. The number of aromatic nitrogens is 3. The number of hydrogen-bond donors (Lipinski definition) is 1. The van der Waals surface area contributed by atoms with E-state index >= 15 is 0 Å². The molecule has 0 fully saturated rings. The van der Waals surface area contributed by atoms with E-state index in [1.807, 2.05) is 30.3 Å². The van der Waals surface area contributed by atoms with Gasteiger partial charge in [-0.05, 0) is 66.6 Å². The molecule has 8 nitrogen and oxygen atoms in total. The van der Waals surface area contributed by atoms with Gasteiger partial charge < -0.3 is 5.32 Å². The third kappa shape index (κ3) is 4.55. The number of nitrogens with zero attached hydrogens (tertiary/aromatic N) is 4. The Morgan fingerprint density at radius 2 is 1.85 bits per heavy atom. The molecule has 0 saturated heterocycles. The zero-order chi connectivity index (χ0) is 23.7. The third-order valence-electron chi connectivity index (χ3n) is 5.32. The number of amides is 1. The van der Waals surface area contributed by atoms with Crippen molar-refractivity contribution >= 4 is 38.8 Å². The van der Waals surface area contributed by atoms with Gasteiger partial charge in [0, 0.05) is 16.8 Å². The molecule has 0 radical (unpaired) electrons. The monoisotopic (exact) mass is 469 g/mol. The minimum Gasteiger partial charge on any atom is -0.322 e. The van der Waals surface area contributed by atoms with E-state index in [4.69, 9.17) is 4.98 Å². The second-order valence-corrected chi connectivity index (χ2v) is 8.90. The van der Waals surface area contributed by atoms with Gasteiger partial charge in [-0.25, -0.2) is 4.98 Å². The number of nitrogens with one attached hydrogen (secondary N) is 1. The van der Waals surface area contributed by atoms with E-state index in [9.17, 15) is 14.9 Å². The molecule has 0 aliphatic rings. The fraction of sp³-hybridized carbons (Fsp3) is 0.0800. The van der Waals surface area contributed by atoms with Crippen LogP contribution in [-0.2, 0) is 6.54 Å². The highest BCUT2D eigenvalue weighted by Gasteiger charge is 2.11. The normalized spacial score (nSPS) is 11.0. The van der Waals surface area contributed by atoms with Crippen LogP contribution in [0, 0.1) is 17.0 Å². The molecule has 5 aromatic rings. The van der Waals surface area contributed by atoms with Crippen molar-refractivity contribution in [3.8, 4) is 10.6 Å². The summed E-state index contributed by atoms with van der Waals surface area (Å²) in [5, 5.41) is 18.6. The highest BCUT2D eigenvalue weighted by atomic mass is 32.1. The van der Waals surface area contributed by atoms with E-state index in [0.29, 0.717) is 17.8 Å². The number of anilines is 1. The SMILES string of the molecule is Cc1ccc2nc(-c3ccc(NC(=O)c4ccc(Cn5cc([N+](=O)[O-])cn5)cc4)cc3)sc2c1. The average Bonchev–Trinajstić information content (AvgIpc) is 3.47. The number of benzene rings is 3. The Hall–Kier alpha value is -4.37. The quantitative estimate of drug-likeness (QED) is 0.255. The maximum atomic E-state index is 12.7. The summed E-state index contributed by atoms with van der Waals surface area (Å²) in [6.45, 7) is 2.44. The standard InChI is InChI=1S/C25H19N5O3S/c1-16-2-11-22-23(12-16)34-25(28-22)19-7-9-20(10-8-19)27-24(31)18-5-3-17(4-6-18)14-29-15-21(13-26-29)30(32)33/h2-13,15H,14H2,1H3,(H,27,31). The molecule has 1 amide bonds. The lowest BCUT2D eigenvalue weighted by Crippen LogP contribution is -2.12. The molecule has 0 bridgehead atoms. The highest BCUT2D eigenvalue weighted by molar-refractivity contribution is 7.21. The Labute approximate surface area is 198 Å². The van der Waals surface area contributed by atoms with Crippen LogP contribution in [-0.4, -0.2) is 25.6 Å². The van der Waals surface area contributed by atoms with Crippen LogP contribution in [0.3, 0.4) is 0 Å². The summed E-state index contributed by atoms with van der Waals surface area (Å²) in [5.74, 6) is -0.218. The first kappa shape index (κ1) is 21.5. The average molecular weight is 470 g/mol. The maximum absolute atomic E-state index is 12.7. The van der Waals surface area contributed by atoms with Gasteiger partial charge in [-0.2, -0.15) is 5.10 Å². The predicted molar refractivity (Wildman–Crippen MR) is 132 cm³/mol. The zero-order valence-electron chi connectivity index (χ0n) is 18.1. The van der Waals surface area contributed by atoms with Crippen molar-refractivity contribution in [2.45, 2.75) is 13.5 Å². The van der Waals surface area contributed by atoms with E-state index < -0.39 is 4.92 Å². The molecule has 0 saturated carbocycles. The number of thiazole rings is 1. The lowest BCUT2D eigenvalue weighted by Gasteiger charge is -2.07. The van der Waals surface area contributed by atoms with Gasteiger partial charge in [0.2, 0.25) is 0 Å². The summed E-state index contributed by atoms with van der Waals surface area (Å²) >= 11 is 1.65. The van der Waals surface area contributed by atoms with Gasteiger partial charge >= 0.3 is 5.69 Å². The number of rotatable bonds is 6. The molecule has 2 aromatic heterocycles. The first-order valence-corrected chi connectivity index (χ1v) is 11.3. The smallest absolute Gasteiger partial charge is 0.307 e. The molecule has 1 N–H and O–H groups in total. The molecule has 0 aliphatic heterocycles. The Morgan fingerprint density at radius 3 is 2.56 bits per heavy atom. The third-order valence-corrected chi connectivity index (χ3v) is 6.39. The first-order chi connectivity index (χ1) is 16.4. The lowest BCUT2D eigenvalue weighted by molar-refractivity contribution is -0.385. The van der Waals surface area contributed by atoms with Gasteiger partial charge in [-0.1, -0.05) is 18.2 Å². The fourth-order valence-corrected chi connectivity index (χ4v) is 4.61. The molecule has 9 heteroatoms. The van der Waals surface area contributed by atoms with Crippen LogP contribution < -0.4 is 5.32 Å². The summed E-state index contributed by atoms with van der Waals surface area (Å²) in [7, 11) is 0. The summed E-state index contributed by atoms with van der Waals surface area (Å²) in [5.41, 5.74) is 5.22. The summed E-state index contributed by atoms with van der Waals surface area (Å²) < 4.78 is 2.64. The second-order valence-electron chi connectivity index (χ2n) is 7.87. The van der Waals surface area contributed by atoms with Crippen molar-refractivity contribution in [1.29, 1.82) is 0 Å². The van der Waals surface area contributed by atoms with Gasteiger partial charge in [-0.15, -0.1) is 11.3 Å². The van der Waals surface area contributed by atoms with Crippen molar-refractivity contribution in [1.82, 2.24) is 14.8 Å². The van der Waals surface area contributed by atoms with Gasteiger partial charge in [0.1, 0.15) is 17.4 Å². The van der Waals surface area contributed by atoms with Crippen LogP contribution >= 0.6 is 11.3 Å².